The van der Waals surface area contributed by atoms with Crippen LogP contribution >= 0.6 is 0 Å². The number of nitrogens with one attached hydrogen (secondary N) is 1. The molecule has 0 saturated heterocycles. The van der Waals surface area contributed by atoms with Crippen molar-refractivity contribution < 1.29 is 19.0 Å². The van der Waals surface area contributed by atoms with Crippen molar-refractivity contribution in [2.24, 2.45) is 0 Å². The van der Waals surface area contributed by atoms with Gasteiger partial charge in [-0.2, -0.15) is 4.98 Å². The molecule has 0 unspecified atom stereocenters. The molecule has 3 rings (SSSR count). The van der Waals surface area contributed by atoms with E-state index in [0.29, 0.717) is 34.2 Å². The molecular weight excluding hydrogens is 374 g/mol. The van der Waals surface area contributed by atoms with Gasteiger partial charge in [0.05, 0.1) is 27.0 Å². The molecule has 150 valence electrons. The number of rotatable bonds is 6. The highest BCUT2D eigenvalue weighted by atomic mass is 16.5. The second-order valence-electron chi connectivity index (χ2n) is 6.12. The zero-order valence-corrected chi connectivity index (χ0v) is 16.6. The Bertz CT molecular complexity index is 1080. The summed E-state index contributed by atoms with van der Waals surface area (Å²) in [6, 6.07) is 13.7. The SMILES string of the molecule is COc1ccc(-c2cc(C(=O)N(C)c3ccc(OC)c(OC)c3)[nH]c(=O)n2)cc1. The first kappa shape index (κ1) is 19.9. The van der Waals surface area contributed by atoms with Crippen molar-refractivity contribution in [3.8, 4) is 28.5 Å². The summed E-state index contributed by atoms with van der Waals surface area (Å²) in [4.78, 5) is 32.9. The van der Waals surface area contributed by atoms with Crippen LogP contribution in [0.25, 0.3) is 11.3 Å². The maximum absolute atomic E-state index is 13.0. The molecule has 8 nitrogen and oxygen atoms in total. The monoisotopic (exact) mass is 395 g/mol. The zero-order valence-electron chi connectivity index (χ0n) is 16.6. The van der Waals surface area contributed by atoms with E-state index in [9.17, 15) is 9.59 Å². The lowest BCUT2D eigenvalue weighted by atomic mass is 10.1. The van der Waals surface area contributed by atoms with Crippen molar-refractivity contribution in [2.45, 2.75) is 0 Å². The summed E-state index contributed by atoms with van der Waals surface area (Å²) in [7, 11) is 6.23. The molecule has 0 fully saturated rings. The summed E-state index contributed by atoms with van der Waals surface area (Å²) in [6.45, 7) is 0. The minimum atomic E-state index is -0.609. The first-order valence-corrected chi connectivity index (χ1v) is 8.72. The van der Waals surface area contributed by atoms with E-state index in [-0.39, 0.29) is 5.69 Å². The molecule has 1 heterocycles. The van der Waals surface area contributed by atoms with Gasteiger partial charge >= 0.3 is 5.69 Å². The van der Waals surface area contributed by atoms with E-state index in [4.69, 9.17) is 14.2 Å². The number of benzene rings is 2. The Kier molecular flexibility index (Phi) is 5.82. The van der Waals surface area contributed by atoms with Crippen LogP contribution in [0.15, 0.2) is 53.3 Å². The van der Waals surface area contributed by atoms with Crippen LogP contribution in [0.2, 0.25) is 0 Å². The first-order chi connectivity index (χ1) is 14.0. The molecule has 0 saturated carbocycles. The highest BCUT2D eigenvalue weighted by Gasteiger charge is 2.18. The van der Waals surface area contributed by atoms with Crippen molar-refractivity contribution in [3.05, 3.63) is 64.7 Å². The molecule has 0 spiro atoms. The molecule has 0 aliphatic heterocycles. The number of carbonyl (C=O) groups excluding carboxylic acids is 1. The van der Waals surface area contributed by atoms with Crippen molar-refractivity contribution in [1.29, 1.82) is 0 Å². The van der Waals surface area contributed by atoms with E-state index in [0.717, 1.165) is 0 Å². The number of carbonyl (C=O) groups is 1. The predicted molar refractivity (Wildman–Crippen MR) is 109 cm³/mol. The number of aromatic nitrogens is 2. The second-order valence-corrected chi connectivity index (χ2v) is 6.12. The van der Waals surface area contributed by atoms with Crippen LogP contribution in [0, 0.1) is 0 Å². The van der Waals surface area contributed by atoms with Crippen molar-refractivity contribution in [1.82, 2.24) is 9.97 Å². The summed E-state index contributed by atoms with van der Waals surface area (Å²) in [5, 5.41) is 0. The summed E-state index contributed by atoms with van der Waals surface area (Å²) in [6.07, 6.45) is 0. The lowest BCUT2D eigenvalue weighted by molar-refractivity contribution is 0.0988. The van der Waals surface area contributed by atoms with Gasteiger partial charge in [0.1, 0.15) is 11.4 Å². The summed E-state index contributed by atoms with van der Waals surface area (Å²) < 4.78 is 15.6. The topological polar surface area (TPSA) is 93.8 Å². The number of amides is 1. The van der Waals surface area contributed by atoms with Crippen LogP contribution in [0.1, 0.15) is 10.5 Å². The number of hydrogen-bond donors (Lipinski definition) is 1. The standard InChI is InChI=1S/C21H21N3O5/c1-24(14-7-10-18(28-3)19(11-14)29-4)20(25)17-12-16(22-21(26)23-17)13-5-8-15(27-2)9-6-13/h5-12H,1-4H3,(H,22,23,26). The molecule has 3 aromatic rings. The average molecular weight is 395 g/mol. The van der Waals surface area contributed by atoms with Crippen LogP contribution < -0.4 is 24.8 Å². The van der Waals surface area contributed by atoms with E-state index < -0.39 is 11.6 Å². The van der Waals surface area contributed by atoms with Gasteiger partial charge < -0.3 is 24.1 Å². The predicted octanol–water partition coefficient (Wildman–Crippen LogP) is 2.74. The Morgan fingerprint density at radius 2 is 1.62 bits per heavy atom. The highest BCUT2D eigenvalue weighted by molar-refractivity contribution is 6.05. The Balaban J connectivity index is 1.94. The van der Waals surface area contributed by atoms with Gasteiger partial charge in [-0.15, -0.1) is 0 Å². The number of anilines is 1. The highest BCUT2D eigenvalue weighted by Crippen LogP contribution is 2.31. The third-order valence-corrected chi connectivity index (χ3v) is 4.42. The number of H-pyrrole nitrogens is 1. The molecule has 8 heteroatoms. The summed E-state index contributed by atoms with van der Waals surface area (Å²) in [5.74, 6) is 1.33. The zero-order chi connectivity index (χ0) is 21.0. The van der Waals surface area contributed by atoms with Crippen LogP contribution in [0.5, 0.6) is 17.2 Å². The fourth-order valence-corrected chi connectivity index (χ4v) is 2.81. The molecule has 0 radical (unpaired) electrons. The minimum Gasteiger partial charge on any atom is -0.497 e. The van der Waals surface area contributed by atoms with Crippen LogP contribution in [0.4, 0.5) is 5.69 Å². The van der Waals surface area contributed by atoms with Crippen molar-refractivity contribution in [3.63, 3.8) is 0 Å². The van der Waals surface area contributed by atoms with E-state index >= 15 is 0 Å². The Labute approximate surface area is 167 Å². The average Bonchev–Trinajstić information content (AvgIpc) is 2.77. The molecule has 0 bridgehead atoms. The van der Waals surface area contributed by atoms with Gasteiger partial charge in [-0.25, -0.2) is 4.79 Å². The van der Waals surface area contributed by atoms with E-state index in [1.807, 2.05) is 0 Å². The summed E-state index contributed by atoms with van der Waals surface area (Å²) >= 11 is 0. The molecular formula is C21H21N3O5. The van der Waals surface area contributed by atoms with Crippen LogP contribution in [-0.4, -0.2) is 44.3 Å². The quantitative estimate of drug-likeness (QED) is 0.690. The molecule has 0 aliphatic rings. The van der Waals surface area contributed by atoms with Gasteiger partial charge in [0, 0.05) is 24.4 Å². The van der Waals surface area contributed by atoms with Gasteiger partial charge in [0.25, 0.3) is 5.91 Å². The van der Waals surface area contributed by atoms with Crippen molar-refractivity contribution >= 4 is 11.6 Å². The molecule has 1 aromatic heterocycles. The van der Waals surface area contributed by atoms with E-state index in [1.54, 1.807) is 62.7 Å². The normalized spacial score (nSPS) is 10.3. The molecule has 0 aliphatic carbocycles. The van der Waals surface area contributed by atoms with Gasteiger partial charge in [0.15, 0.2) is 11.5 Å². The molecule has 1 N–H and O–H groups in total. The Morgan fingerprint density at radius 1 is 0.931 bits per heavy atom. The third kappa shape index (κ3) is 4.21. The van der Waals surface area contributed by atoms with Gasteiger partial charge in [0.2, 0.25) is 0 Å². The first-order valence-electron chi connectivity index (χ1n) is 8.72. The Morgan fingerprint density at radius 3 is 2.24 bits per heavy atom. The van der Waals surface area contributed by atoms with Crippen molar-refractivity contribution in [2.75, 3.05) is 33.3 Å². The Hall–Kier alpha value is -3.81. The lowest BCUT2D eigenvalue weighted by Crippen LogP contribution is -2.29. The number of aromatic amines is 1. The minimum absolute atomic E-state index is 0.119. The smallest absolute Gasteiger partial charge is 0.346 e. The molecule has 2 aromatic carbocycles. The van der Waals surface area contributed by atoms with E-state index in [1.165, 1.54) is 19.1 Å². The fraction of sp³-hybridized carbons (Fsp3) is 0.190. The molecule has 29 heavy (non-hydrogen) atoms. The van der Waals surface area contributed by atoms with Crippen LogP contribution in [-0.2, 0) is 0 Å². The van der Waals surface area contributed by atoms with Crippen LogP contribution in [0.3, 0.4) is 0 Å². The largest absolute Gasteiger partial charge is 0.497 e. The number of methoxy groups -OCH3 is 3. The second kappa shape index (κ2) is 8.47. The summed E-state index contributed by atoms with van der Waals surface area (Å²) in [5.41, 5.74) is 1.17. The molecule has 0 atom stereocenters. The van der Waals surface area contributed by atoms with Gasteiger partial charge in [-0.05, 0) is 42.5 Å². The number of ether oxygens (including phenoxy) is 3. The van der Waals surface area contributed by atoms with Gasteiger partial charge in [-0.1, -0.05) is 0 Å². The lowest BCUT2D eigenvalue weighted by Gasteiger charge is -2.19. The van der Waals surface area contributed by atoms with Gasteiger partial charge in [-0.3, -0.25) is 4.79 Å². The third-order valence-electron chi connectivity index (χ3n) is 4.42. The number of nitrogens with zero attached hydrogens (tertiary/aromatic N) is 2. The number of hydrogen-bond acceptors (Lipinski definition) is 6. The fourth-order valence-electron chi connectivity index (χ4n) is 2.81. The molecule has 1 amide bonds. The maximum Gasteiger partial charge on any atom is 0.346 e. The maximum atomic E-state index is 13.0. The van der Waals surface area contributed by atoms with E-state index in [2.05, 4.69) is 9.97 Å².